The van der Waals surface area contributed by atoms with Gasteiger partial charge in [-0.2, -0.15) is 9.97 Å². The molecule has 0 aromatic carbocycles. The Morgan fingerprint density at radius 3 is 1.79 bits per heavy atom. The Morgan fingerprint density at radius 1 is 0.661 bits per heavy atom. The molecule has 1 amide bonds. The van der Waals surface area contributed by atoms with E-state index in [1.807, 2.05) is 41.6 Å². The molecule has 8 heterocycles. The lowest BCUT2D eigenvalue weighted by atomic mass is 9.89. The van der Waals surface area contributed by atoms with E-state index in [4.69, 9.17) is 44.4 Å². The summed E-state index contributed by atoms with van der Waals surface area (Å²) in [6.45, 7) is 5.14. The predicted molar refractivity (Wildman–Crippen MR) is 227 cm³/mol. The van der Waals surface area contributed by atoms with E-state index in [1.54, 1.807) is 30.9 Å². The number of morpholine rings is 2. The number of esters is 1. The Bertz CT molecular complexity index is 2520. The topological polar surface area (TPSA) is 200 Å². The third-order valence-corrected chi connectivity index (χ3v) is 12.5. The molecule has 1 unspecified atom stereocenters. The average Bonchev–Trinajstić information content (AvgIpc) is 4.06. The third kappa shape index (κ3) is 8.43. The van der Waals surface area contributed by atoms with Gasteiger partial charge in [0.15, 0.2) is 0 Å². The van der Waals surface area contributed by atoms with E-state index in [1.165, 1.54) is 6.20 Å². The summed E-state index contributed by atoms with van der Waals surface area (Å²) in [4.78, 5) is 58.7. The number of pyridine rings is 4. The van der Waals surface area contributed by atoms with Crippen molar-refractivity contribution in [1.29, 1.82) is 0 Å². The lowest BCUT2D eigenvalue weighted by Crippen LogP contribution is -2.39. The van der Waals surface area contributed by atoms with E-state index >= 15 is 0 Å². The average molecular weight is 844 g/mol. The van der Waals surface area contributed by atoms with Crippen LogP contribution in [0.3, 0.4) is 0 Å². The molecule has 3 atom stereocenters. The van der Waals surface area contributed by atoms with Gasteiger partial charge in [-0.3, -0.25) is 14.8 Å². The number of imidazole rings is 2. The lowest BCUT2D eigenvalue weighted by molar-refractivity contribution is -0.0195. The standard InChI is InChI=1S/C44H49N11O7/c45-41(56)28-19-33-35(48-24-28)22-40(53-13-17-59-18-14-53)51-43(33)61-32-5-6-37(55-10-8-47-27-55)38(21-32)62-44(57)29-20-34-36(49-25-29)23-39(52-11-15-58-16-12-52)50-42(34)60-31-3-1-30(2-4-31)54-9-7-46-26-54/h7-10,19-20,22-27,30-32,37-38H,1-6,11-18,21H2,(H2,45,56)/t30?,31?,32-,37+,38?/m1/s1. The van der Waals surface area contributed by atoms with Crippen LogP contribution in [0, 0.1) is 0 Å². The maximum Gasteiger partial charge on any atom is 0.340 e. The second kappa shape index (κ2) is 17.5. The molecular weight excluding hydrogens is 795 g/mol. The van der Waals surface area contributed by atoms with Gasteiger partial charge in [-0.1, -0.05) is 0 Å². The summed E-state index contributed by atoms with van der Waals surface area (Å²) in [5, 5.41) is 1.21. The smallest absolute Gasteiger partial charge is 0.340 e. The maximum absolute atomic E-state index is 14.3. The molecule has 18 nitrogen and oxygen atoms in total. The number of aromatic nitrogens is 8. The zero-order valence-electron chi connectivity index (χ0n) is 34.3. The summed E-state index contributed by atoms with van der Waals surface area (Å²) < 4.78 is 35.2. The summed E-state index contributed by atoms with van der Waals surface area (Å²) in [5.74, 6) is 1.13. The molecule has 2 saturated heterocycles. The number of rotatable bonds is 11. The summed E-state index contributed by atoms with van der Waals surface area (Å²) >= 11 is 0. The van der Waals surface area contributed by atoms with Gasteiger partial charge in [-0.05, 0) is 50.7 Å². The fourth-order valence-electron chi connectivity index (χ4n) is 9.08. The van der Waals surface area contributed by atoms with Crippen molar-refractivity contribution in [2.24, 2.45) is 5.73 Å². The van der Waals surface area contributed by atoms with Gasteiger partial charge < -0.3 is 48.4 Å². The van der Waals surface area contributed by atoms with Crippen molar-refractivity contribution in [2.45, 2.75) is 75.3 Å². The zero-order chi connectivity index (χ0) is 42.0. The van der Waals surface area contributed by atoms with Crippen molar-refractivity contribution in [3.05, 3.63) is 85.2 Å². The highest BCUT2D eigenvalue weighted by molar-refractivity contribution is 5.98. The first-order chi connectivity index (χ1) is 30.4. The number of nitrogens with zero attached hydrogens (tertiary/aromatic N) is 10. The molecule has 0 bridgehead atoms. The van der Waals surface area contributed by atoms with Crippen molar-refractivity contribution >= 4 is 45.3 Å². The van der Waals surface area contributed by atoms with Crippen molar-refractivity contribution < 1.29 is 33.3 Å². The van der Waals surface area contributed by atoms with Crippen LogP contribution in [0.15, 0.2) is 74.1 Å². The van der Waals surface area contributed by atoms with Gasteiger partial charge in [-0.25, -0.2) is 14.8 Å². The van der Waals surface area contributed by atoms with E-state index in [2.05, 4.69) is 29.3 Å². The van der Waals surface area contributed by atoms with Gasteiger partial charge >= 0.3 is 5.97 Å². The molecule has 6 aromatic heterocycles. The van der Waals surface area contributed by atoms with Gasteiger partial charge in [0.1, 0.15) is 29.9 Å². The second-order valence-corrected chi connectivity index (χ2v) is 16.3. The third-order valence-electron chi connectivity index (χ3n) is 12.5. The summed E-state index contributed by atoms with van der Waals surface area (Å²) in [6, 6.07) is 7.47. The molecule has 10 rings (SSSR count). The number of carbonyl (C=O) groups is 2. The van der Waals surface area contributed by atoms with Crippen LogP contribution >= 0.6 is 0 Å². The highest BCUT2D eigenvalue weighted by Crippen LogP contribution is 2.38. The lowest BCUT2D eigenvalue weighted by Gasteiger charge is -2.36. The van der Waals surface area contributed by atoms with Crippen LogP contribution in [0.25, 0.3) is 21.8 Å². The summed E-state index contributed by atoms with van der Waals surface area (Å²) in [6.07, 6.45) is 18.3. The number of anilines is 2. The molecule has 62 heavy (non-hydrogen) atoms. The minimum atomic E-state index is -0.598. The number of ether oxygens (including phenoxy) is 5. The van der Waals surface area contributed by atoms with Gasteiger partial charge in [0.2, 0.25) is 17.7 Å². The Kier molecular flexibility index (Phi) is 11.2. The van der Waals surface area contributed by atoms with Crippen LogP contribution in [0.1, 0.15) is 77.7 Å². The van der Waals surface area contributed by atoms with E-state index in [9.17, 15) is 9.59 Å². The molecule has 322 valence electrons. The molecule has 18 heteroatoms. The molecule has 2 N–H and O–H groups in total. The molecule has 0 radical (unpaired) electrons. The number of hydrogen-bond donors (Lipinski definition) is 1. The Balaban J connectivity index is 0.921. The predicted octanol–water partition coefficient (Wildman–Crippen LogP) is 4.70. The van der Waals surface area contributed by atoms with E-state index in [0.29, 0.717) is 117 Å². The number of primary amides is 1. The van der Waals surface area contributed by atoms with Gasteiger partial charge in [0.25, 0.3) is 0 Å². The number of carbonyl (C=O) groups excluding carboxylic acids is 2. The molecule has 0 spiro atoms. The fraction of sp³-hybridized carbons (Fsp3) is 0.455. The molecule has 2 aliphatic heterocycles. The SMILES string of the molecule is NC(=O)c1cnc2cc(N3CCOCC3)nc(O[C@@H]3CC[C@H](n4ccnc4)C(OC(=O)c4cnc5cc(N6CCOCC6)nc(OC6CCC(n7ccnc7)CC6)c5c4)C3)c2c1. The number of nitrogens with two attached hydrogens (primary N) is 1. The largest absolute Gasteiger partial charge is 0.474 e. The second-order valence-electron chi connectivity index (χ2n) is 16.3. The highest BCUT2D eigenvalue weighted by atomic mass is 16.5. The quantitative estimate of drug-likeness (QED) is 0.176. The Labute approximate surface area is 357 Å². The van der Waals surface area contributed by atoms with Crippen molar-refractivity contribution in [2.75, 3.05) is 62.4 Å². The molecule has 2 saturated carbocycles. The van der Waals surface area contributed by atoms with Crippen molar-refractivity contribution in [1.82, 2.24) is 39.0 Å². The molecule has 2 aliphatic carbocycles. The van der Waals surface area contributed by atoms with E-state index < -0.39 is 18.0 Å². The van der Waals surface area contributed by atoms with Gasteiger partial charge in [0.05, 0.1) is 78.1 Å². The first kappa shape index (κ1) is 39.7. The van der Waals surface area contributed by atoms with Gasteiger partial charge in [0, 0.05) is 88.0 Å². The van der Waals surface area contributed by atoms with Crippen LogP contribution in [-0.4, -0.2) is 122 Å². The molecular formula is C44H49N11O7. The number of fused-ring (bicyclic) bond motifs is 2. The minimum Gasteiger partial charge on any atom is -0.474 e. The molecule has 4 fully saturated rings. The fourth-order valence-corrected chi connectivity index (χ4v) is 9.08. The van der Waals surface area contributed by atoms with Crippen LogP contribution in [0.2, 0.25) is 0 Å². The normalized spacial score (nSPS) is 23.3. The van der Waals surface area contributed by atoms with Crippen LogP contribution in [0.4, 0.5) is 11.6 Å². The monoisotopic (exact) mass is 843 g/mol. The maximum atomic E-state index is 14.3. The number of amides is 1. The van der Waals surface area contributed by atoms with Crippen LogP contribution < -0.4 is 25.0 Å². The van der Waals surface area contributed by atoms with Gasteiger partial charge in [-0.15, -0.1) is 0 Å². The Hall–Kier alpha value is -6.40. The zero-order valence-corrected chi connectivity index (χ0v) is 34.3. The first-order valence-electron chi connectivity index (χ1n) is 21.5. The summed E-state index contributed by atoms with van der Waals surface area (Å²) in [5.41, 5.74) is 7.50. The highest BCUT2D eigenvalue weighted by Gasteiger charge is 2.37. The number of hydrogen-bond acceptors (Lipinski definition) is 15. The van der Waals surface area contributed by atoms with Crippen molar-refractivity contribution in [3.8, 4) is 11.8 Å². The molecule has 6 aromatic rings. The van der Waals surface area contributed by atoms with E-state index in [-0.39, 0.29) is 29.4 Å². The summed E-state index contributed by atoms with van der Waals surface area (Å²) in [7, 11) is 0. The first-order valence-corrected chi connectivity index (χ1v) is 21.5. The van der Waals surface area contributed by atoms with E-state index in [0.717, 1.165) is 31.5 Å². The van der Waals surface area contributed by atoms with Crippen molar-refractivity contribution in [3.63, 3.8) is 0 Å². The minimum absolute atomic E-state index is 0.0459. The Morgan fingerprint density at radius 2 is 1.21 bits per heavy atom. The van der Waals surface area contributed by atoms with Crippen LogP contribution in [0.5, 0.6) is 11.8 Å². The van der Waals surface area contributed by atoms with Crippen LogP contribution in [-0.2, 0) is 14.2 Å². The molecule has 4 aliphatic rings.